The Morgan fingerprint density at radius 3 is 2.10 bits per heavy atom. The van der Waals surface area contributed by atoms with Gasteiger partial charge in [-0.1, -0.05) is 13.3 Å². The van der Waals surface area contributed by atoms with Gasteiger partial charge in [-0.3, -0.25) is 4.79 Å². The molecule has 214 valence electrons. The second-order valence-corrected chi connectivity index (χ2v) is 13.9. The van der Waals surface area contributed by atoms with Gasteiger partial charge in [-0.2, -0.15) is 8.61 Å². The molecule has 4 rings (SSSR count). The number of hydrogen-bond acceptors (Lipinski definition) is 7. The van der Waals surface area contributed by atoms with Crippen molar-refractivity contribution in [3.8, 4) is 11.5 Å². The molecule has 2 aliphatic rings. The van der Waals surface area contributed by atoms with Crippen molar-refractivity contribution >= 4 is 26.0 Å². The lowest BCUT2D eigenvalue weighted by atomic mass is 10.0. The van der Waals surface area contributed by atoms with Crippen molar-refractivity contribution in [3.05, 3.63) is 48.0 Å². The van der Waals surface area contributed by atoms with Gasteiger partial charge in [0.1, 0.15) is 18.1 Å². The van der Waals surface area contributed by atoms with Crippen LogP contribution < -0.4 is 14.8 Å². The predicted molar refractivity (Wildman–Crippen MR) is 147 cm³/mol. The molecule has 2 aromatic carbocycles. The molecule has 2 aromatic rings. The first-order valence-electron chi connectivity index (χ1n) is 13.3. The monoisotopic (exact) mass is 579 g/mol. The maximum absolute atomic E-state index is 13.2. The zero-order valence-electron chi connectivity index (χ0n) is 22.5. The van der Waals surface area contributed by atoms with Crippen molar-refractivity contribution in [2.45, 2.75) is 48.8 Å². The Labute approximate surface area is 231 Å². The molecule has 0 spiro atoms. The minimum Gasteiger partial charge on any atom is -0.496 e. The molecule has 1 amide bonds. The molecule has 0 atom stereocenters. The van der Waals surface area contributed by atoms with Gasteiger partial charge in [-0.25, -0.2) is 16.8 Å². The second kappa shape index (κ2) is 12.7. The first-order chi connectivity index (χ1) is 18.6. The number of piperidine rings is 2. The molecule has 2 fully saturated rings. The Kier molecular flexibility index (Phi) is 9.52. The Balaban J connectivity index is 1.34. The summed E-state index contributed by atoms with van der Waals surface area (Å²) in [6.07, 6.45) is 4.40. The Hall–Kier alpha value is -2.67. The van der Waals surface area contributed by atoms with Crippen LogP contribution in [0.25, 0.3) is 0 Å². The van der Waals surface area contributed by atoms with Crippen molar-refractivity contribution in [2.75, 3.05) is 46.4 Å². The van der Waals surface area contributed by atoms with E-state index < -0.39 is 26.0 Å². The number of rotatable bonds is 10. The highest BCUT2D eigenvalue weighted by Crippen LogP contribution is 2.28. The number of nitrogens with zero attached hydrogens (tertiary/aromatic N) is 2. The van der Waals surface area contributed by atoms with E-state index in [-0.39, 0.29) is 34.3 Å². The van der Waals surface area contributed by atoms with E-state index in [1.807, 2.05) is 0 Å². The van der Waals surface area contributed by atoms with Crippen LogP contribution in [-0.2, 0) is 20.0 Å². The third-order valence-electron chi connectivity index (χ3n) is 7.23. The molecule has 0 unspecified atom stereocenters. The second-order valence-electron chi connectivity index (χ2n) is 9.99. The van der Waals surface area contributed by atoms with E-state index in [4.69, 9.17) is 9.47 Å². The SMILES string of the molecule is COc1ccc(S(=O)(=O)N2CCC(C)CC2)cc1C(=O)NCCOc1ccc(S(=O)(=O)N2CCCCC2)cc1. The average Bonchev–Trinajstić information content (AvgIpc) is 2.95. The first kappa shape index (κ1) is 29.3. The molecule has 1 N–H and O–H groups in total. The van der Waals surface area contributed by atoms with Crippen LogP contribution in [0.3, 0.4) is 0 Å². The number of methoxy groups -OCH3 is 1. The van der Waals surface area contributed by atoms with Crippen molar-refractivity contribution < 1.29 is 31.1 Å². The van der Waals surface area contributed by atoms with Gasteiger partial charge in [-0.15, -0.1) is 0 Å². The molecule has 0 saturated carbocycles. The summed E-state index contributed by atoms with van der Waals surface area (Å²) in [7, 11) is -5.81. The fraction of sp³-hybridized carbons (Fsp3) is 0.519. The van der Waals surface area contributed by atoms with Crippen LogP contribution >= 0.6 is 0 Å². The number of benzene rings is 2. The number of amides is 1. The molecule has 2 heterocycles. The molecular weight excluding hydrogens is 542 g/mol. The highest BCUT2D eigenvalue weighted by atomic mass is 32.2. The average molecular weight is 580 g/mol. The van der Waals surface area contributed by atoms with Gasteiger partial charge in [0, 0.05) is 26.2 Å². The van der Waals surface area contributed by atoms with Crippen molar-refractivity contribution in [2.24, 2.45) is 5.92 Å². The molecule has 2 aliphatic heterocycles. The molecular formula is C27H37N3O7S2. The van der Waals surface area contributed by atoms with Crippen LogP contribution in [0.1, 0.15) is 49.4 Å². The van der Waals surface area contributed by atoms with Crippen molar-refractivity contribution in [1.29, 1.82) is 0 Å². The van der Waals surface area contributed by atoms with Gasteiger partial charge < -0.3 is 14.8 Å². The summed E-state index contributed by atoms with van der Waals surface area (Å²) in [6, 6.07) is 10.5. The summed E-state index contributed by atoms with van der Waals surface area (Å²) in [5, 5.41) is 2.73. The molecule has 0 radical (unpaired) electrons. The highest BCUT2D eigenvalue weighted by Gasteiger charge is 2.29. The Morgan fingerprint density at radius 2 is 1.46 bits per heavy atom. The normalized spacial score (nSPS) is 18.0. The lowest BCUT2D eigenvalue weighted by molar-refractivity contribution is 0.0943. The van der Waals surface area contributed by atoms with Gasteiger partial charge in [0.05, 0.1) is 29.0 Å². The summed E-state index contributed by atoms with van der Waals surface area (Å²) < 4.78 is 65.9. The number of nitrogens with one attached hydrogen (secondary N) is 1. The number of sulfonamides is 2. The largest absolute Gasteiger partial charge is 0.496 e. The van der Waals surface area contributed by atoms with Crippen molar-refractivity contribution in [3.63, 3.8) is 0 Å². The minimum absolute atomic E-state index is 0.0545. The van der Waals surface area contributed by atoms with E-state index >= 15 is 0 Å². The van der Waals surface area contributed by atoms with Crippen LogP contribution in [0.4, 0.5) is 0 Å². The summed E-state index contributed by atoms with van der Waals surface area (Å²) in [5.74, 6) is 0.748. The maximum atomic E-state index is 13.2. The quantitative estimate of drug-likeness (QED) is 0.429. The molecule has 2 saturated heterocycles. The first-order valence-corrected chi connectivity index (χ1v) is 16.2. The lowest BCUT2D eigenvalue weighted by Crippen LogP contribution is -2.38. The van der Waals surface area contributed by atoms with Gasteiger partial charge >= 0.3 is 0 Å². The number of ether oxygens (including phenoxy) is 2. The van der Waals surface area contributed by atoms with E-state index in [1.54, 1.807) is 12.1 Å². The van der Waals surface area contributed by atoms with Gasteiger partial charge in [0.2, 0.25) is 20.0 Å². The number of carbonyl (C=O) groups excluding carboxylic acids is 1. The zero-order chi connectivity index (χ0) is 28.0. The summed E-state index contributed by atoms with van der Waals surface area (Å²) in [4.78, 5) is 13.2. The predicted octanol–water partition coefficient (Wildman–Crippen LogP) is 3.10. The standard InChI is InChI=1S/C27H37N3O7S2/c1-21-12-17-30(18-13-21)39(34,35)24-10-11-26(36-2)25(20-24)27(31)28-14-19-37-22-6-8-23(9-7-22)38(32,33)29-15-4-3-5-16-29/h6-11,20-21H,3-5,12-19H2,1-2H3,(H,28,31). The molecule has 0 aromatic heterocycles. The minimum atomic E-state index is -3.72. The van der Waals surface area contributed by atoms with Gasteiger partial charge in [-0.05, 0) is 74.1 Å². The smallest absolute Gasteiger partial charge is 0.255 e. The summed E-state index contributed by atoms with van der Waals surface area (Å²) >= 11 is 0. The topological polar surface area (TPSA) is 122 Å². The van der Waals surface area contributed by atoms with E-state index in [0.29, 0.717) is 37.8 Å². The van der Waals surface area contributed by atoms with E-state index in [9.17, 15) is 21.6 Å². The number of carbonyl (C=O) groups is 1. The number of hydrogen-bond donors (Lipinski definition) is 1. The molecule has 12 heteroatoms. The molecule has 39 heavy (non-hydrogen) atoms. The van der Waals surface area contributed by atoms with Crippen LogP contribution in [-0.4, -0.2) is 77.8 Å². The van der Waals surface area contributed by atoms with Crippen LogP contribution in [0, 0.1) is 5.92 Å². The van der Waals surface area contributed by atoms with E-state index in [1.165, 1.54) is 46.1 Å². The van der Waals surface area contributed by atoms with Crippen molar-refractivity contribution in [1.82, 2.24) is 13.9 Å². The van der Waals surface area contributed by atoms with Gasteiger partial charge in [0.25, 0.3) is 5.91 Å². The summed E-state index contributed by atoms with van der Waals surface area (Å²) in [5.41, 5.74) is 0.122. The molecule has 0 bridgehead atoms. The van der Waals surface area contributed by atoms with Gasteiger partial charge in [0.15, 0.2) is 0 Å². The third kappa shape index (κ3) is 6.92. The van der Waals surface area contributed by atoms with E-state index in [0.717, 1.165) is 32.1 Å². The molecule has 0 aliphatic carbocycles. The Morgan fingerprint density at radius 1 is 0.872 bits per heavy atom. The Bertz CT molecular complexity index is 1350. The summed E-state index contributed by atoms with van der Waals surface area (Å²) in [6.45, 7) is 4.39. The lowest BCUT2D eigenvalue weighted by Gasteiger charge is -2.29. The fourth-order valence-corrected chi connectivity index (χ4v) is 7.80. The zero-order valence-corrected chi connectivity index (χ0v) is 24.1. The third-order valence-corrected chi connectivity index (χ3v) is 11.0. The highest BCUT2D eigenvalue weighted by molar-refractivity contribution is 7.89. The van der Waals surface area contributed by atoms with Crippen LogP contribution in [0.5, 0.6) is 11.5 Å². The van der Waals surface area contributed by atoms with Crippen LogP contribution in [0.2, 0.25) is 0 Å². The maximum Gasteiger partial charge on any atom is 0.255 e. The fourth-order valence-electron chi connectivity index (χ4n) is 4.79. The van der Waals surface area contributed by atoms with Crippen LogP contribution in [0.15, 0.2) is 52.3 Å². The van der Waals surface area contributed by atoms with E-state index in [2.05, 4.69) is 12.2 Å². The molecule has 10 nitrogen and oxygen atoms in total.